The van der Waals surface area contributed by atoms with E-state index < -0.39 is 13.9 Å². The Hall–Kier alpha value is -1.54. The standard InChI is InChI=1S/C42H78NO7P/c1-3-5-7-9-11-13-15-17-18-19-20-21-22-23-25-27-29-31-33-35-42(44)50-41(40-49-51(45,46)48-38-36-43)39-47-37-34-32-30-28-26-24-16-14-12-10-8-6-4-2/h5,7,11,13,17-18,20-21,41H,3-4,6,8-10,12,14-16,19,22-40,43H2,1-2H3,(H,45,46)/b7-5-,13-11-,18-17-,21-20-. The lowest BCUT2D eigenvalue weighted by Crippen LogP contribution is -2.28. The van der Waals surface area contributed by atoms with Gasteiger partial charge < -0.3 is 20.1 Å². The van der Waals surface area contributed by atoms with Gasteiger partial charge in [0.25, 0.3) is 0 Å². The summed E-state index contributed by atoms with van der Waals surface area (Å²) < 4.78 is 33.4. The number of hydrogen-bond acceptors (Lipinski definition) is 7. The highest BCUT2D eigenvalue weighted by Crippen LogP contribution is 2.43. The third-order valence-corrected chi connectivity index (χ3v) is 9.49. The van der Waals surface area contributed by atoms with Crippen molar-refractivity contribution in [3.63, 3.8) is 0 Å². The zero-order chi connectivity index (χ0) is 37.4. The molecule has 0 bridgehead atoms. The van der Waals surface area contributed by atoms with E-state index in [1.807, 2.05) is 0 Å². The molecular formula is C42H78NO7P. The number of phosphoric acid groups is 1. The summed E-state index contributed by atoms with van der Waals surface area (Å²) in [7, 11) is -4.28. The summed E-state index contributed by atoms with van der Waals surface area (Å²) in [4.78, 5) is 22.4. The summed E-state index contributed by atoms with van der Waals surface area (Å²) in [5, 5.41) is 0. The molecule has 9 heteroatoms. The molecule has 0 rings (SSSR count). The number of hydrogen-bond donors (Lipinski definition) is 2. The second kappa shape index (κ2) is 39.7. The van der Waals surface area contributed by atoms with Crippen LogP contribution in [0.1, 0.15) is 174 Å². The first kappa shape index (κ1) is 49.5. The van der Waals surface area contributed by atoms with Crippen LogP contribution in [0, 0.1) is 0 Å². The average Bonchev–Trinajstić information content (AvgIpc) is 3.12. The molecule has 0 aromatic rings. The molecule has 2 atom stereocenters. The Morgan fingerprint density at radius 2 is 1.10 bits per heavy atom. The molecule has 0 radical (unpaired) electrons. The van der Waals surface area contributed by atoms with E-state index in [1.54, 1.807) is 0 Å². The van der Waals surface area contributed by atoms with E-state index >= 15 is 0 Å². The van der Waals surface area contributed by atoms with Gasteiger partial charge in [-0.3, -0.25) is 13.8 Å². The summed E-state index contributed by atoms with van der Waals surface area (Å²) >= 11 is 0. The maximum Gasteiger partial charge on any atom is 0.472 e. The summed E-state index contributed by atoms with van der Waals surface area (Å²) in [5.41, 5.74) is 5.36. The van der Waals surface area contributed by atoms with E-state index in [0.29, 0.717) is 13.0 Å². The van der Waals surface area contributed by atoms with E-state index in [-0.39, 0.29) is 32.3 Å². The predicted molar refractivity (Wildman–Crippen MR) is 215 cm³/mol. The summed E-state index contributed by atoms with van der Waals surface area (Å²) in [6, 6.07) is 0. The van der Waals surface area contributed by atoms with Gasteiger partial charge >= 0.3 is 13.8 Å². The molecule has 0 heterocycles. The molecule has 8 nitrogen and oxygen atoms in total. The molecule has 0 saturated carbocycles. The first-order valence-electron chi connectivity index (χ1n) is 20.6. The van der Waals surface area contributed by atoms with Gasteiger partial charge in [0.15, 0.2) is 0 Å². The lowest BCUT2D eigenvalue weighted by Gasteiger charge is -2.20. The van der Waals surface area contributed by atoms with Crippen LogP contribution in [0.3, 0.4) is 0 Å². The Kier molecular flexibility index (Phi) is 38.5. The predicted octanol–water partition coefficient (Wildman–Crippen LogP) is 12.0. The second-order valence-corrected chi connectivity index (χ2v) is 14.9. The Morgan fingerprint density at radius 1 is 0.608 bits per heavy atom. The fourth-order valence-electron chi connectivity index (χ4n) is 5.52. The van der Waals surface area contributed by atoms with Crippen molar-refractivity contribution in [1.82, 2.24) is 0 Å². The van der Waals surface area contributed by atoms with Crippen molar-refractivity contribution in [2.45, 2.75) is 180 Å². The van der Waals surface area contributed by atoms with Crippen LogP contribution in [0.25, 0.3) is 0 Å². The molecule has 0 aliphatic carbocycles. The van der Waals surface area contributed by atoms with Gasteiger partial charge in [0.2, 0.25) is 0 Å². The minimum Gasteiger partial charge on any atom is -0.457 e. The Morgan fingerprint density at radius 3 is 1.65 bits per heavy atom. The molecule has 0 aliphatic rings. The van der Waals surface area contributed by atoms with Crippen LogP contribution in [-0.4, -0.2) is 49.9 Å². The van der Waals surface area contributed by atoms with Crippen LogP contribution < -0.4 is 5.73 Å². The number of nitrogens with two attached hydrogens (primary N) is 1. The highest BCUT2D eigenvalue weighted by Gasteiger charge is 2.25. The molecule has 0 saturated heterocycles. The van der Waals surface area contributed by atoms with E-state index in [1.165, 1.54) is 83.5 Å². The Bertz CT molecular complexity index is 921. The highest BCUT2D eigenvalue weighted by atomic mass is 31.2. The summed E-state index contributed by atoms with van der Waals surface area (Å²) in [6.07, 6.45) is 45.5. The van der Waals surface area contributed by atoms with Crippen LogP contribution in [0.2, 0.25) is 0 Å². The minimum atomic E-state index is -4.28. The Labute approximate surface area is 313 Å². The second-order valence-electron chi connectivity index (χ2n) is 13.5. The van der Waals surface area contributed by atoms with Crippen molar-refractivity contribution in [2.24, 2.45) is 5.73 Å². The molecule has 0 aromatic heterocycles. The molecular weight excluding hydrogens is 661 g/mol. The van der Waals surface area contributed by atoms with Gasteiger partial charge in [0.05, 0.1) is 19.8 Å². The summed E-state index contributed by atoms with van der Waals surface area (Å²) in [6.45, 7) is 4.79. The molecule has 0 aromatic carbocycles. The normalized spacial score (nSPS) is 14.0. The number of carbonyl (C=O) groups excluding carboxylic acids is 1. The number of rotatable bonds is 39. The fraction of sp³-hybridized carbons (Fsp3) is 0.786. The molecule has 0 aliphatic heterocycles. The van der Waals surface area contributed by atoms with E-state index in [0.717, 1.165) is 70.6 Å². The van der Waals surface area contributed by atoms with Crippen molar-refractivity contribution in [3.05, 3.63) is 48.6 Å². The van der Waals surface area contributed by atoms with Crippen LogP contribution in [0.15, 0.2) is 48.6 Å². The monoisotopic (exact) mass is 740 g/mol. The molecule has 51 heavy (non-hydrogen) atoms. The van der Waals surface area contributed by atoms with Crippen LogP contribution in [0.5, 0.6) is 0 Å². The lowest BCUT2D eigenvalue weighted by atomic mass is 10.0. The maximum absolute atomic E-state index is 12.6. The van der Waals surface area contributed by atoms with Crippen molar-refractivity contribution >= 4 is 13.8 Å². The molecule has 0 spiro atoms. The number of allylic oxidation sites excluding steroid dienone is 8. The van der Waals surface area contributed by atoms with E-state index in [4.69, 9.17) is 24.3 Å². The fourth-order valence-corrected chi connectivity index (χ4v) is 6.28. The topological polar surface area (TPSA) is 117 Å². The summed E-state index contributed by atoms with van der Waals surface area (Å²) in [5.74, 6) is -0.344. The first-order valence-corrected chi connectivity index (χ1v) is 22.1. The van der Waals surface area contributed by atoms with Crippen LogP contribution in [0.4, 0.5) is 0 Å². The van der Waals surface area contributed by atoms with Gasteiger partial charge in [0.1, 0.15) is 6.10 Å². The quantitative estimate of drug-likeness (QED) is 0.0277. The number of esters is 1. The molecule has 0 fully saturated rings. The van der Waals surface area contributed by atoms with E-state index in [9.17, 15) is 14.3 Å². The van der Waals surface area contributed by atoms with Crippen molar-refractivity contribution in [3.8, 4) is 0 Å². The van der Waals surface area contributed by atoms with Crippen LogP contribution in [-0.2, 0) is 27.9 Å². The molecule has 2 unspecified atom stereocenters. The number of carbonyl (C=O) groups is 1. The van der Waals surface area contributed by atoms with Gasteiger partial charge in [-0.1, -0.05) is 165 Å². The molecule has 3 N–H and O–H groups in total. The number of ether oxygens (including phenoxy) is 2. The number of unbranched alkanes of at least 4 members (excludes halogenated alkanes) is 18. The smallest absolute Gasteiger partial charge is 0.457 e. The van der Waals surface area contributed by atoms with Gasteiger partial charge in [0, 0.05) is 19.6 Å². The first-order chi connectivity index (χ1) is 24.9. The molecule has 298 valence electrons. The van der Waals surface area contributed by atoms with E-state index in [2.05, 4.69) is 62.5 Å². The van der Waals surface area contributed by atoms with Gasteiger partial charge in [-0.2, -0.15) is 0 Å². The largest absolute Gasteiger partial charge is 0.472 e. The van der Waals surface area contributed by atoms with Gasteiger partial charge in [-0.25, -0.2) is 4.57 Å². The SMILES string of the molecule is CC/C=C\C/C=C\C/C=C\C/C=C\CCCCCCCCC(=O)OC(COCCCCCCCCCCCCCCC)COP(=O)(O)OCCN. The number of phosphoric ester groups is 1. The zero-order valence-corrected chi connectivity index (χ0v) is 33.7. The Balaban J connectivity index is 4.08. The average molecular weight is 740 g/mol. The minimum absolute atomic E-state index is 0.0971. The lowest BCUT2D eigenvalue weighted by molar-refractivity contribution is -0.154. The van der Waals surface area contributed by atoms with Gasteiger partial charge in [-0.05, 0) is 51.4 Å². The molecule has 0 amide bonds. The zero-order valence-electron chi connectivity index (χ0n) is 32.8. The third-order valence-electron chi connectivity index (χ3n) is 8.51. The van der Waals surface area contributed by atoms with Crippen molar-refractivity contribution in [1.29, 1.82) is 0 Å². The maximum atomic E-state index is 12.6. The van der Waals surface area contributed by atoms with Crippen LogP contribution >= 0.6 is 7.82 Å². The van der Waals surface area contributed by atoms with Crippen molar-refractivity contribution < 1.29 is 32.8 Å². The highest BCUT2D eigenvalue weighted by molar-refractivity contribution is 7.47. The van der Waals surface area contributed by atoms with Crippen molar-refractivity contribution in [2.75, 3.05) is 33.0 Å². The van der Waals surface area contributed by atoms with Gasteiger partial charge in [-0.15, -0.1) is 0 Å². The third kappa shape index (κ3) is 39.5.